The van der Waals surface area contributed by atoms with Crippen LogP contribution in [0.25, 0.3) is 0 Å². The van der Waals surface area contributed by atoms with E-state index in [0.717, 1.165) is 10.2 Å². The van der Waals surface area contributed by atoms with Crippen molar-refractivity contribution in [3.63, 3.8) is 0 Å². The lowest BCUT2D eigenvalue weighted by Gasteiger charge is -2.13. The zero-order chi connectivity index (χ0) is 15.1. The van der Waals surface area contributed by atoms with Gasteiger partial charge in [-0.1, -0.05) is 34.1 Å². The van der Waals surface area contributed by atoms with Gasteiger partial charge in [-0.2, -0.15) is 0 Å². The predicted octanol–water partition coefficient (Wildman–Crippen LogP) is 3.87. The summed E-state index contributed by atoms with van der Waals surface area (Å²) in [5, 5.41) is 2.73. The number of nitrogens with one attached hydrogen (secondary N) is 1. The van der Waals surface area contributed by atoms with Crippen molar-refractivity contribution < 1.29 is 14.3 Å². The van der Waals surface area contributed by atoms with E-state index < -0.39 is 0 Å². The second-order valence-electron chi connectivity index (χ2n) is 4.33. The van der Waals surface area contributed by atoms with Crippen LogP contribution in [0.4, 0.5) is 5.69 Å². The normalized spacial score (nSPS) is 10.0. The van der Waals surface area contributed by atoms with Gasteiger partial charge >= 0.3 is 0 Å². The molecule has 0 atom stereocenters. The number of amides is 1. The van der Waals surface area contributed by atoms with E-state index in [0.29, 0.717) is 24.7 Å². The lowest BCUT2D eigenvalue weighted by molar-refractivity contribution is -0.114. The number of carbonyl (C=O) groups excluding carboxylic acids is 1. The number of ether oxygens (including phenoxy) is 2. The van der Waals surface area contributed by atoms with Gasteiger partial charge in [0.05, 0.1) is 5.69 Å². The molecule has 0 fully saturated rings. The van der Waals surface area contributed by atoms with Crippen LogP contribution in [-0.4, -0.2) is 19.1 Å². The number of anilines is 1. The Morgan fingerprint density at radius 2 is 1.81 bits per heavy atom. The molecule has 0 aromatic heterocycles. The highest BCUT2D eigenvalue weighted by molar-refractivity contribution is 9.10. The highest BCUT2D eigenvalue weighted by atomic mass is 79.9. The molecule has 0 aliphatic rings. The summed E-state index contributed by atoms with van der Waals surface area (Å²) in [5.41, 5.74) is 0.644. The van der Waals surface area contributed by atoms with Gasteiger partial charge in [-0.25, -0.2) is 0 Å². The zero-order valence-electron chi connectivity index (χ0n) is 11.6. The van der Waals surface area contributed by atoms with Gasteiger partial charge in [-0.3, -0.25) is 4.79 Å². The Hall–Kier alpha value is -2.01. The molecule has 21 heavy (non-hydrogen) atoms. The highest BCUT2D eigenvalue weighted by Gasteiger charge is 2.06. The summed E-state index contributed by atoms with van der Waals surface area (Å²) in [6.07, 6.45) is 0. The highest BCUT2D eigenvalue weighted by Crippen LogP contribution is 2.28. The van der Waals surface area contributed by atoms with Crippen LogP contribution in [0, 0.1) is 0 Å². The van der Waals surface area contributed by atoms with E-state index in [1.54, 1.807) is 6.07 Å². The molecule has 0 aliphatic heterocycles. The Kier molecular flexibility index (Phi) is 5.63. The number of carbonyl (C=O) groups is 1. The van der Waals surface area contributed by atoms with Crippen LogP contribution in [0.3, 0.4) is 0 Å². The first-order valence-electron chi connectivity index (χ1n) is 6.53. The number of hydrogen-bond acceptors (Lipinski definition) is 3. The fourth-order valence-corrected chi connectivity index (χ4v) is 2.08. The molecule has 2 aromatic carbocycles. The molecule has 0 heterocycles. The van der Waals surface area contributed by atoms with Gasteiger partial charge in [0.15, 0.2) is 0 Å². The predicted molar refractivity (Wildman–Crippen MR) is 85.9 cm³/mol. The molecule has 2 rings (SSSR count). The number of benzene rings is 2. The number of rotatable bonds is 6. The van der Waals surface area contributed by atoms with Crippen LogP contribution in [-0.2, 0) is 4.79 Å². The minimum atomic E-state index is -0.136. The minimum Gasteiger partial charge on any atom is -0.490 e. The van der Waals surface area contributed by atoms with E-state index in [9.17, 15) is 4.79 Å². The van der Waals surface area contributed by atoms with Gasteiger partial charge in [0.25, 0.3) is 0 Å². The van der Waals surface area contributed by atoms with Gasteiger partial charge in [0, 0.05) is 11.4 Å². The Bertz CT molecular complexity index is 602. The maximum atomic E-state index is 11.2. The van der Waals surface area contributed by atoms with Crippen molar-refractivity contribution in [2.24, 2.45) is 0 Å². The second-order valence-corrected chi connectivity index (χ2v) is 5.25. The Morgan fingerprint density at radius 3 is 2.52 bits per heavy atom. The first-order chi connectivity index (χ1) is 10.1. The van der Waals surface area contributed by atoms with Gasteiger partial charge in [-0.15, -0.1) is 0 Å². The molecular weight excluding hydrogens is 334 g/mol. The average Bonchev–Trinajstić information content (AvgIpc) is 2.47. The van der Waals surface area contributed by atoms with Crippen molar-refractivity contribution in [1.29, 1.82) is 0 Å². The molecule has 0 radical (unpaired) electrons. The van der Waals surface area contributed by atoms with Crippen molar-refractivity contribution in [2.75, 3.05) is 18.5 Å². The van der Waals surface area contributed by atoms with E-state index in [1.807, 2.05) is 42.5 Å². The topological polar surface area (TPSA) is 47.6 Å². The van der Waals surface area contributed by atoms with Gasteiger partial charge < -0.3 is 14.8 Å². The maximum Gasteiger partial charge on any atom is 0.221 e. The van der Waals surface area contributed by atoms with Crippen molar-refractivity contribution in [1.82, 2.24) is 0 Å². The lowest BCUT2D eigenvalue weighted by atomic mass is 10.3. The Morgan fingerprint density at radius 1 is 1.10 bits per heavy atom. The fraction of sp³-hybridized carbons (Fsp3) is 0.188. The molecule has 0 saturated carbocycles. The lowest BCUT2D eigenvalue weighted by Crippen LogP contribution is -2.12. The fourth-order valence-electron chi connectivity index (χ4n) is 1.74. The summed E-state index contributed by atoms with van der Waals surface area (Å²) in [7, 11) is 0. The molecule has 4 nitrogen and oxygen atoms in total. The van der Waals surface area contributed by atoms with Gasteiger partial charge in [0.1, 0.15) is 24.7 Å². The van der Waals surface area contributed by atoms with Crippen molar-refractivity contribution in [3.8, 4) is 11.5 Å². The van der Waals surface area contributed by atoms with E-state index in [1.165, 1.54) is 6.92 Å². The quantitative estimate of drug-likeness (QED) is 0.805. The zero-order valence-corrected chi connectivity index (χ0v) is 13.2. The number of halogens is 1. The molecule has 0 unspecified atom stereocenters. The molecule has 5 heteroatoms. The van der Waals surface area contributed by atoms with E-state index >= 15 is 0 Å². The first kappa shape index (κ1) is 15.4. The van der Waals surface area contributed by atoms with Gasteiger partial charge in [0.2, 0.25) is 5.91 Å². The number of para-hydroxylation sites is 1. The Labute approximate surface area is 132 Å². The van der Waals surface area contributed by atoms with Crippen molar-refractivity contribution in [3.05, 3.63) is 53.0 Å². The van der Waals surface area contributed by atoms with Gasteiger partial charge in [-0.05, 0) is 30.3 Å². The number of hydrogen-bond donors (Lipinski definition) is 1. The molecule has 0 bridgehead atoms. The summed E-state index contributed by atoms with van der Waals surface area (Å²) in [5.74, 6) is 1.27. The maximum absolute atomic E-state index is 11.2. The first-order valence-corrected chi connectivity index (χ1v) is 7.32. The summed E-state index contributed by atoms with van der Waals surface area (Å²) in [4.78, 5) is 11.2. The van der Waals surface area contributed by atoms with E-state index in [2.05, 4.69) is 21.2 Å². The van der Waals surface area contributed by atoms with Crippen molar-refractivity contribution >= 4 is 27.5 Å². The molecule has 0 saturated heterocycles. The van der Waals surface area contributed by atoms with Crippen LogP contribution < -0.4 is 14.8 Å². The molecule has 2 aromatic rings. The van der Waals surface area contributed by atoms with E-state index in [-0.39, 0.29) is 5.91 Å². The standard InChI is InChI=1S/C16H16BrNO3/c1-12(19)18-15-8-7-13(17)11-16(15)21-10-9-20-14-5-3-2-4-6-14/h2-8,11H,9-10H2,1H3,(H,18,19). The third kappa shape index (κ3) is 5.11. The molecule has 1 amide bonds. The molecular formula is C16H16BrNO3. The third-order valence-electron chi connectivity index (χ3n) is 2.61. The summed E-state index contributed by atoms with van der Waals surface area (Å²) >= 11 is 3.38. The minimum absolute atomic E-state index is 0.136. The van der Waals surface area contributed by atoms with Crippen LogP contribution in [0.5, 0.6) is 11.5 Å². The summed E-state index contributed by atoms with van der Waals surface area (Å²) in [6.45, 7) is 2.28. The molecule has 1 N–H and O–H groups in total. The van der Waals surface area contributed by atoms with Crippen LogP contribution in [0.2, 0.25) is 0 Å². The average molecular weight is 350 g/mol. The van der Waals surface area contributed by atoms with E-state index in [4.69, 9.17) is 9.47 Å². The monoisotopic (exact) mass is 349 g/mol. The van der Waals surface area contributed by atoms with Crippen molar-refractivity contribution in [2.45, 2.75) is 6.92 Å². The third-order valence-corrected chi connectivity index (χ3v) is 3.10. The molecule has 0 aliphatic carbocycles. The summed E-state index contributed by atoms with van der Waals surface area (Å²) < 4.78 is 12.1. The SMILES string of the molecule is CC(=O)Nc1ccc(Br)cc1OCCOc1ccccc1. The molecule has 110 valence electrons. The Balaban J connectivity index is 1.90. The second kappa shape index (κ2) is 7.69. The smallest absolute Gasteiger partial charge is 0.221 e. The van der Waals surface area contributed by atoms with Crippen LogP contribution >= 0.6 is 15.9 Å². The molecule has 0 spiro atoms. The van der Waals surface area contributed by atoms with Crippen LogP contribution in [0.15, 0.2) is 53.0 Å². The summed E-state index contributed by atoms with van der Waals surface area (Å²) in [6, 6.07) is 15.0. The van der Waals surface area contributed by atoms with Crippen LogP contribution in [0.1, 0.15) is 6.92 Å². The largest absolute Gasteiger partial charge is 0.490 e.